The monoisotopic (exact) mass is 320 g/mol. The Morgan fingerprint density at radius 1 is 1.09 bits per heavy atom. The molecule has 1 N–H and O–H groups in total. The van der Waals surface area contributed by atoms with E-state index in [1.165, 1.54) is 0 Å². The number of carbonyl (C=O) groups is 1. The Morgan fingerprint density at radius 2 is 1.87 bits per heavy atom. The highest BCUT2D eigenvalue weighted by Gasteiger charge is 2.07. The first-order valence-corrected chi connectivity index (χ1v) is 7.91. The molecule has 3 aromatic heterocycles. The number of hydrogen-bond acceptors (Lipinski definition) is 4. The number of anilines is 1. The number of nitrogens with zero attached hydrogens (tertiary/aromatic N) is 3. The van der Waals surface area contributed by atoms with Gasteiger partial charge >= 0.3 is 0 Å². The fourth-order valence-corrected chi connectivity index (χ4v) is 3.00. The molecule has 0 saturated carbocycles. The van der Waals surface area contributed by atoms with E-state index in [1.807, 2.05) is 46.4 Å². The van der Waals surface area contributed by atoms with E-state index in [4.69, 9.17) is 0 Å². The van der Waals surface area contributed by atoms with E-state index < -0.39 is 0 Å². The van der Waals surface area contributed by atoms with Gasteiger partial charge in [-0.05, 0) is 24.3 Å². The van der Waals surface area contributed by atoms with Crippen LogP contribution < -0.4 is 5.32 Å². The number of imidazole rings is 1. The molecule has 23 heavy (non-hydrogen) atoms. The van der Waals surface area contributed by atoms with Crippen LogP contribution >= 0.6 is 11.3 Å². The van der Waals surface area contributed by atoms with Gasteiger partial charge in [0.2, 0.25) is 0 Å². The Balaban J connectivity index is 1.54. The molecule has 0 radical (unpaired) electrons. The molecule has 6 heteroatoms. The zero-order valence-electron chi connectivity index (χ0n) is 12.0. The molecular formula is C17H12N4OS. The van der Waals surface area contributed by atoms with Crippen LogP contribution in [0.15, 0.2) is 66.6 Å². The molecule has 0 aliphatic rings. The van der Waals surface area contributed by atoms with Crippen molar-refractivity contribution in [2.75, 3.05) is 5.32 Å². The minimum atomic E-state index is -0.150. The molecule has 0 saturated heterocycles. The first kappa shape index (κ1) is 13.7. The number of nitrogens with one attached hydrogen (secondary N) is 1. The molecule has 3 heterocycles. The Kier molecular flexibility index (Phi) is 3.36. The molecular weight excluding hydrogens is 308 g/mol. The summed E-state index contributed by atoms with van der Waals surface area (Å²) in [6.45, 7) is 0. The maximum atomic E-state index is 12.1. The standard InChI is InChI=1S/C17H12N4OS/c22-16(13-5-7-18-8-6-13)19-14-3-1-12(2-4-14)15-11-21-9-10-23-17(21)20-15/h1-11H,(H,19,22). The first-order valence-electron chi connectivity index (χ1n) is 7.03. The number of fused-ring (bicyclic) bond motifs is 1. The largest absolute Gasteiger partial charge is 0.322 e. The average molecular weight is 320 g/mol. The second kappa shape index (κ2) is 5.66. The van der Waals surface area contributed by atoms with Crippen LogP contribution in [0.5, 0.6) is 0 Å². The summed E-state index contributed by atoms with van der Waals surface area (Å²) in [6.07, 6.45) is 7.18. The van der Waals surface area contributed by atoms with E-state index in [2.05, 4.69) is 15.3 Å². The maximum Gasteiger partial charge on any atom is 0.255 e. The highest BCUT2D eigenvalue weighted by Crippen LogP contribution is 2.23. The van der Waals surface area contributed by atoms with Gasteiger partial charge < -0.3 is 5.32 Å². The Labute approximate surface area is 136 Å². The highest BCUT2D eigenvalue weighted by molar-refractivity contribution is 7.15. The van der Waals surface area contributed by atoms with E-state index in [0.717, 1.165) is 21.9 Å². The van der Waals surface area contributed by atoms with Gasteiger partial charge in [-0.1, -0.05) is 12.1 Å². The number of pyridine rings is 1. The van der Waals surface area contributed by atoms with Gasteiger partial charge in [0.25, 0.3) is 5.91 Å². The number of thiazole rings is 1. The lowest BCUT2D eigenvalue weighted by molar-refractivity contribution is 0.102. The molecule has 0 unspecified atom stereocenters. The van der Waals surface area contributed by atoms with Gasteiger partial charge in [-0.15, -0.1) is 11.3 Å². The summed E-state index contributed by atoms with van der Waals surface area (Å²) in [5, 5.41) is 4.87. The maximum absolute atomic E-state index is 12.1. The van der Waals surface area contributed by atoms with Crippen molar-refractivity contribution in [1.82, 2.24) is 14.4 Å². The fraction of sp³-hybridized carbons (Fsp3) is 0. The quantitative estimate of drug-likeness (QED) is 0.626. The number of rotatable bonds is 3. The van der Waals surface area contributed by atoms with Crippen LogP contribution in [0.4, 0.5) is 5.69 Å². The minimum Gasteiger partial charge on any atom is -0.322 e. The second-order valence-corrected chi connectivity index (χ2v) is 5.86. The summed E-state index contributed by atoms with van der Waals surface area (Å²) in [5.74, 6) is -0.150. The number of carbonyl (C=O) groups excluding carboxylic acids is 1. The van der Waals surface area contributed by atoms with Crippen molar-refractivity contribution >= 4 is 27.9 Å². The van der Waals surface area contributed by atoms with Crippen LogP contribution in [-0.2, 0) is 0 Å². The Bertz CT molecular complexity index is 929. The Morgan fingerprint density at radius 3 is 2.61 bits per heavy atom. The van der Waals surface area contributed by atoms with Gasteiger partial charge in [-0.25, -0.2) is 4.98 Å². The molecule has 1 aromatic carbocycles. The van der Waals surface area contributed by atoms with E-state index in [-0.39, 0.29) is 5.91 Å². The van der Waals surface area contributed by atoms with Gasteiger partial charge in [0.05, 0.1) is 5.69 Å². The molecule has 112 valence electrons. The topological polar surface area (TPSA) is 59.3 Å². The predicted molar refractivity (Wildman–Crippen MR) is 90.7 cm³/mol. The molecule has 5 nitrogen and oxygen atoms in total. The summed E-state index contributed by atoms with van der Waals surface area (Å²) in [7, 11) is 0. The molecule has 0 spiro atoms. The lowest BCUT2D eigenvalue weighted by Crippen LogP contribution is -2.11. The molecule has 0 aliphatic heterocycles. The van der Waals surface area contributed by atoms with Crippen molar-refractivity contribution in [3.05, 3.63) is 72.1 Å². The van der Waals surface area contributed by atoms with E-state index in [1.54, 1.807) is 35.9 Å². The van der Waals surface area contributed by atoms with Crippen molar-refractivity contribution in [2.24, 2.45) is 0 Å². The zero-order valence-corrected chi connectivity index (χ0v) is 12.8. The normalized spacial score (nSPS) is 10.8. The fourth-order valence-electron chi connectivity index (χ4n) is 2.30. The molecule has 0 fully saturated rings. The van der Waals surface area contributed by atoms with Crippen LogP contribution in [0, 0.1) is 0 Å². The van der Waals surface area contributed by atoms with Crippen LogP contribution in [0.2, 0.25) is 0 Å². The van der Waals surface area contributed by atoms with Gasteiger partial charge in [0.15, 0.2) is 4.96 Å². The third kappa shape index (κ3) is 2.72. The van der Waals surface area contributed by atoms with Crippen molar-refractivity contribution in [2.45, 2.75) is 0 Å². The molecule has 4 rings (SSSR count). The lowest BCUT2D eigenvalue weighted by atomic mass is 10.1. The highest BCUT2D eigenvalue weighted by atomic mass is 32.1. The van der Waals surface area contributed by atoms with Crippen LogP contribution in [0.25, 0.3) is 16.2 Å². The summed E-state index contributed by atoms with van der Waals surface area (Å²) in [6, 6.07) is 11.0. The van der Waals surface area contributed by atoms with E-state index >= 15 is 0 Å². The molecule has 0 bridgehead atoms. The van der Waals surface area contributed by atoms with E-state index in [0.29, 0.717) is 5.56 Å². The Hall–Kier alpha value is -2.99. The number of aromatic nitrogens is 3. The minimum absolute atomic E-state index is 0.150. The van der Waals surface area contributed by atoms with Crippen molar-refractivity contribution in [1.29, 1.82) is 0 Å². The predicted octanol–water partition coefficient (Wildman–Crippen LogP) is 3.71. The zero-order chi connectivity index (χ0) is 15.6. The van der Waals surface area contributed by atoms with Gasteiger partial charge in [0, 0.05) is 47.0 Å². The molecule has 0 aliphatic carbocycles. The van der Waals surface area contributed by atoms with E-state index in [9.17, 15) is 4.79 Å². The third-order valence-electron chi connectivity index (χ3n) is 3.47. The summed E-state index contributed by atoms with van der Waals surface area (Å²) >= 11 is 1.60. The van der Waals surface area contributed by atoms with Gasteiger partial charge in [0.1, 0.15) is 0 Å². The molecule has 0 atom stereocenters. The molecule has 1 amide bonds. The van der Waals surface area contributed by atoms with Crippen LogP contribution in [0.3, 0.4) is 0 Å². The second-order valence-electron chi connectivity index (χ2n) is 4.99. The molecule has 4 aromatic rings. The summed E-state index contributed by atoms with van der Waals surface area (Å²) in [4.78, 5) is 21.5. The summed E-state index contributed by atoms with van der Waals surface area (Å²) in [5.41, 5.74) is 3.27. The number of benzene rings is 1. The van der Waals surface area contributed by atoms with Crippen molar-refractivity contribution < 1.29 is 4.79 Å². The SMILES string of the molecule is O=C(Nc1ccc(-c2cn3ccsc3n2)cc1)c1ccncc1. The lowest BCUT2D eigenvalue weighted by Gasteiger charge is -2.05. The van der Waals surface area contributed by atoms with Crippen LogP contribution in [-0.4, -0.2) is 20.3 Å². The van der Waals surface area contributed by atoms with Gasteiger partial charge in [-0.3, -0.25) is 14.2 Å². The van der Waals surface area contributed by atoms with Crippen molar-refractivity contribution in [3.8, 4) is 11.3 Å². The van der Waals surface area contributed by atoms with Gasteiger partial charge in [-0.2, -0.15) is 0 Å². The smallest absolute Gasteiger partial charge is 0.255 e. The third-order valence-corrected chi connectivity index (χ3v) is 4.25. The number of amides is 1. The van der Waals surface area contributed by atoms with Crippen LogP contribution in [0.1, 0.15) is 10.4 Å². The average Bonchev–Trinajstić information content (AvgIpc) is 3.18. The van der Waals surface area contributed by atoms with Crippen molar-refractivity contribution in [3.63, 3.8) is 0 Å². The first-order chi connectivity index (χ1) is 11.3. The summed E-state index contributed by atoms with van der Waals surface area (Å²) < 4.78 is 2.00. The number of hydrogen-bond donors (Lipinski definition) is 1.